The number of benzene rings is 2. The molecule has 4 nitrogen and oxygen atoms in total. The van der Waals surface area contributed by atoms with E-state index in [0.717, 1.165) is 5.69 Å². The lowest BCUT2D eigenvalue weighted by Crippen LogP contribution is -2.59. The van der Waals surface area contributed by atoms with E-state index in [-0.39, 0.29) is 35.6 Å². The van der Waals surface area contributed by atoms with Crippen molar-refractivity contribution < 1.29 is 14.2 Å². The summed E-state index contributed by atoms with van der Waals surface area (Å²) in [6, 6.07) is 23.5. The monoisotopic (exact) mass is 353 g/mol. The fourth-order valence-corrected chi connectivity index (χ4v) is 5.33. The summed E-state index contributed by atoms with van der Waals surface area (Å²) in [7, 11) is 0. The number of nitrogens with zero attached hydrogens (tertiary/aromatic N) is 2. The first-order valence-corrected chi connectivity index (χ1v) is 9.29. The Morgan fingerprint density at radius 2 is 1.37 bits per heavy atom. The molecule has 4 atom stereocenters. The van der Waals surface area contributed by atoms with Crippen molar-refractivity contribution >= 4 is 17.5 Å². The van der Waals surface area contributed by atoms with E-state index in [1.165, 1.54) is 16.0 Å². The van der Waals surface area contributed by atoms with Crippen LogP contribution in [0.5, 0.6) is 0 Å². The normalized spacial score (nSPS) is 27.3. The van der Waals surface area contributed by atoms with Crippen LogP contribution in [0.3, 0.4) is 0 Å². The van der Waals surface area contributed by atoms with Gasteiger partial charge < -0.3 is 0 Å². The lowest BCUT2D eigenvalue weighted by Gasteiger charge is -2.40. The van der Waals surface area contributed by atoms with Gasteiger partial charge in [-0.1, -0.05) is 48.5 Å². The van der Waals surface area contributed by atoms with Gasteiger partial charge in [0.15, 0.2) is 17.9 Å². The highest BCUT2D eigenvalue weighted by Crippen LogP contribution is 2.55. The molecule has 0 N–H and O–H groups in total. The van der Waals surface area contributed by atoms with Gasteiger partial charge in [-0.15, -0.1) is 0 Å². The average molecular weight is 353 g/mol. The first kappa shape index (κ1) is 14.9. The maximum atomic E-state index is 13.5. The summed E-state index contributed by atoms with van der Waals surface area (Å²) in [5.41, 5.74) is 4.15. The molecule has 3 aliphatic heterocycles. The number of imide groups is 1. The zero-order chi connectivity index (χ0) is 18.1. The zero-order valence-electron chi connectivity index (χ0n) is 14.5. The minimum Gasteiger partial charge on any atom is -0.274 e. The van der Waals surface area contributed by atoms with Gasteiger partial charge in [-0.3, -0.25) is 9.59 Å². The summed E-state index contributed by atoms with van der Waals surface area (Å²) >= 11 is 0. The molecule has 2 aromatic carbocycles. The number of hydrogen-bond acceptors (Lipinski definition) is 2. The van der Waals surface area contributed by atoms with Gasteiger partial charge in [-0.05, 0) is 17.7 Å². The largest absolute Gasteiger partial charge is 0.274 e. The third-order valence-electron chi connectivity index (χ3n) is 6.30. The maximum Gasteiger partial charge on any atom is 0.244 e. The summed E-state index contributed by atoms with van der Waals surface area (Å²) in [5.74, 6) is -0.918. The van der Waals surface area contributed by atoms with Crippen molar-refractivity contribution in [1.29, 1.82) is 0 Å². The fraction of sp³-hybridized carbons (Fsp3) is 0.174. The lowest BCUT2D eigenvalue weighted by molar-refractivity contribution is -0.736. The summed E-state index contributed by atoms with van der Waals surface area (Å²) in [6.07, 6.45) is 2.04. The van der Waals surface area contributed by atoms with E-state index in [1.54, 1.807) is 0 Å². The van der Waals surface area contributed by atoms with Gasteiger partial charge in [0.05, 0.1) is 17.5 Å². The van der Waals surface area contributed by atoms with Gasteiger partial charge in [0.1, 0.15) is 5.92 Å². The first-order chi connectivity index (χ1) is 13.3. The first-order valence-electron chi connectivity index (χ1n) is 9.29. The number of hydrogen-bond donors (Lipinski definition) is 0. The number of amides is 2. The van der Waals surface area contributed by atoms with E-state index in [2.05, 4.69) is 22.8 Å². The summed E-state index contributed by atoms with van der Waals surface area (Å²) in [6.45, 7) is 0. The van der Waals surface area contributed by atoms with Crippen LogP contribution in [0, 0.1) is 11.8 Å². The molecular weight excluding hydrogens is 336 g/mol. The molecule has 0 radical (unpaired) electrons. The third kappa shape index (κ3) is 1.75. The van der Waals surface area contributed by atoms with E-state index in [1.807, 2.05) is 60.8 Å². The Morgan fingerprint density at radius 1 is 0.704 bits per heavy atom. The molecule has 4 heteroatoms. The summed E-state index contributed by atoms with van der Waals surface area (Å²) < 4.78 is 2.20. The van der Waals surface area contributed by atoms with Crippen LogP contribution in [-0.4, -0.2) is 11.8 Å². The molecule has 2 bridgehead atoms. The van der Waals surface area contributed by atoms with Crippen molar-refractivity contribution in [2.45, 2.75) is 12.0 Å². The van der Waals surface area contributed by atoms with Gasteiger partial charge in [0.2, 0.25) is 11.8 Å². The van der Waals surface area contributed by atoms with Gasteiger partial charge in [-0.25, -0.2) is 4.90 Å². The molecule has 27 heavy (non-hydrogen) atoms. The molecule has 7 rings (SSSR count). The molecule has 130 valence electrons. The molecular formula is C23H17N2O2+. The van der Waals surface area contributed by atoms with E-state index in [9.17, 15) is 9.59 Å². The van der Waals surface area contributed by atoms with E-state index < -0.39 is 0 Å². The Balaban J connectivity index is 1.60. The van der Waals surface area contributed by atoms with Crippen molar-refractivity contribution in [3.63, 3.8) is 0 Å². The molecule has 1 fully saturated rings. The number of carbonyl (C=O) groups excluding carboxylic acids is 2. The van der Waals surface area contributed by atoms with Crippen LogP contribution in [0.4, 0.5) is 5.69 Å². The van der Waals surface area contributed by atoms with Gasteiger partial charge >= 0.3 is 0 Å². The predicted octanol–water partition coefficient (Wildman–Crippen LogP) is 2.83. The number of anilines is 1. The Morgan fingerprint density at radius 3 is 2.19 bits per heavy atom. The van der Waals surface area contributed by atoms with Gasteiger partial charge in [0.25, 0.3) is 0 Å². The van der Waals surface area contributed by atoms with Gasteiger partial charge in [0, 0.05) is 17.7 Å². The number of rotatable bonds is 1. The van der Waals surface area contributed by atoms with Crippen LogP contribution in [0.2, 0.25) is 0 Å². The standard InChI is InChI=1S/C23H17N2O2/c26-22-19-18-15-10-4-5-11-16(15)21(24-13-7-6-12-17(18)24)20(19)23(27)25(22)14-8-2-1-3-9-14/h1-13,18-21H/q+1. The third-order valence-corrected chi connectivity index (χ3v) is 6.30. The number of para-hydroxylation sites is 1. The van der Waals surface area contributed by atoms with Crippen LogP contribution in [0.25, 0.3) is 0 Å². The van der Waals surface area contributed by atoms with E-state index >= 15 is 0 Å². The molecule has 1 aliphatic carbocycles. The number of pyridine rings is 1. The highest BCUT2D eigenvalue weighted by Gasteiger charge is 2.66. The zero-order valence-corrected chi connectivity index (χ0v) is 14.5. The SMILES string of the molecule is O=C1C2C3c4ccccc4C(C2C(=O)N1c1ccccc1)[n+]1ccccc13. The molecule has 0 spiro atoms. The van der Waals surface area contributed by atoms with Crippen LogP contribution in [-0.2, 0) is 9.59 Å². The Bertz CT molecular complexity index is 993. The van der Waals surface area contributed by atoms with Gasteiger partial charge in [-0.2, -0.15) is 4.57 Å². The second-order valence-corrected chi connectivity index (χ2v) is 7.48. The maximum absolute atomic E-state index is 13.5. The van der Waals surface area contributed by atoms with E-state index in [0.29, 0.717) is 5.69 Å². The Kier molecular flexibility index (Phi) is 2.82. The summed E-state index contributed by atoms with van der Waals surface area (Å²) in [4.78, 5) is 28.3. The quantitative estimate of drug-likeness (QED) is 0.499. The number of aromatic nitrogens is 1. The summed E-state index contributed by atoms with van der Waals surface area (Å²) in [5, 5.41) is 0. The molecule has 4 heterocycles. The second-order valence-electron chi connectivity index (χ2n) is 7.48. The van der Waals surface area contributed by atoms with Crippen molar-refractivity contribution in [1.82, 2.24) is 0 Å². The topological polar surface area (TPSA) is 41.3 Å². The smallest absolute Gasteiger partial charge is 0.244 e. The van der Waals surface area contributed by atoms with Crippen LogP contribution >= 0.6 is 0 Å². The van der Waals surface area contributed by atoms with Crippen molar-refractivity contribution in [3.05, 3.63) is 95.8 Å². The Labute approximate surface area is 156 Å². The highest BCUT2D eigenvalue weighted by molar-refractivity contribution is 6.23. The lowest BCUT2D eigenvalue weighted by atomic mass is 9.63. The molecule has 0 saturated carbocycles. The molecule has 3 aromatic rings. The van der Waals surface area contributed by atoms with E-state index in [4.69, 9.17) is 0 Å². The minimum atomic E-state index is -0.350. The van der Waals surface area contributed by atoms with Crippen molar-refractivity contribution in [3.8, 4) is 0 Å². The predicted molar refractivity (Wildman–Crippen MR) is 99.0 cm³/mol. The molecule has 1 aromatic heterocycles. The molecule has 1 saturated heterocycles. The Hall–Kier alpha value is -3.27. The average Bonchev–Trinajstić information content (AvgIpc) is 3.00. The number of carbonyl (C=O) groups is 2. The minimum absolute atomic E-state index is 0.0733. The van der Waals surface area contributed by atoms with Crippen LogP contribution in [0.1, 0.15) is 28.8 Å². The fourth-order valence-electron chi connectivity index (χ4n) is 5.33. The molecule has 4 aliphatic rings. The van der Waals surface area contributed by atoms with Crippen molar-refractivity contribution in [2.24, 2.45) is 11.8 Å². The highest BCUT2D eigenvalue weighted by atomic mass is 16.2. The van der Waals surface area contributed by atoms with Crippen LogP contribution in [0.15, 0.2) is 79.0 Å². The second kappa shape index (κ2) is 5.13. The molecule has 2 amide bonds. The molecule has 4 unspecified atom stereocenters. The van der Waals surface area contributed by atoms with Crippen molar-refractivity contribution in [2.75, 3.05) is 4.90 Å². The van der Waals surface area contributed by atoms with Crippen LogP contribution < -0.4 is 9.47 Å².